The molecule has 3 nitrogen and oxygen atoms in total. The highest BCUT2D eigenvalue weighted by Gasteiger charge is 2.13. The second-order valence-corrected chi connectivity index (χ2v) is 2.17. The summed E-state index contributed by atoms with van der Waals surface area (Å²) in [4.78, 5) is 0. The number of hydrogen-bond donors (Lipinski definition) is 3. The average Bonchev–Trinajstić information content (AvgIpc) is 2.00. The molecule has 12 heavy (non-hydrogen) atoms. The molecule has 0 atom stereocenters. The number of phenols is 1. The molecule has 4 N–H and O–H groups in total. The number of amidine groups is 1. The third kappa shape index (κ3) is 1.20. The highest BCUT2D eigenvalue weighted by atomic mass is 19.2. The van der Waals surface area contributed by atoms with Gasteiger partial charge in [-0.3, -0.25) is 5.41 Å². The van der Waals surface area contributed by atoms with Crippen molar-refractivity contribution in [3.05, 3.63) is 29.3 Å². The molecule has 0 spiro atoms. The molecule has 0 unspecified atom stereocenters. The molecule has 1 aromatic rings. The van der Waals surface area contributed by atoms with E-state index in [1.54, 1.807) is 0 Å². The molecule has 0 bridgehead atoms. The van der Waals surface area contributed by atoms with Crippen molar-refractivity contribution >= 4 is 5.84 Å². The summed E-state index contributed by atoms with van der Waals surface area (Å²) in [6, 6.07) is 1.84. The fourth-order valence-corrected chi connectivity index (χ4v) is 0.757. The summed E-state index contributed by atoms with van der Waals surface area (Å²) in [5.74, 6) is -3.99. The number of nitrogens with one attached hydrogen (secondary N) is 1. The van der Waals surface area contributed by atoms with Crippen LogP contribution < -0.4 is 5.73 Å². The minimum Gasteiger partial charge on any atom is -0.504 e. The van der Waals surface area contributed by atoms with E-state index >= 15 is 0 Å². The summed E-state index contributed by atoms with van der Waals surface area (Å²) in [7, 11) is 0. The Morgan fingerprint density at radius 1 is 1.42 bits per heavy atom. The van der Waals surface area contributed by atoms with Crippen LogP contribution in [0, 0.1) is 17.0 Å². The van der Waals surface area contributed by atoms with Gasteiger partial charge in [-0.25, -0.2) is 4.39 Å². The molecule has 0 aliphatic heterocycles. The molecule has 0 radical (unpaired) electrons. The fraction of sp³-hybridized carbons (Fsp3) is 0. The normalized spacial score (nSPS) is 9.83. The molecule has 0 aliphatic rings. The lowest BCUT2D eigenvalue weighted by atomic mass is 10.2. The van der Waals surface area contributed by atoms with Crippen molar-refractivity contribution in [1.29, 1.82) is 5.41 Å². The molecule has 64 valence electrons. The number of rotatable bonds is 1. The van der Waals surface area contributed by atoms with Crippen molar-refractivity contribution in [1.82, 2.24) is 0 Å². The van der Waals surface area contributed by atoms with Crippen LogP contribution in [0.25, 0.3) is 0 Å². The molecule has 0 amide bonds. The largest absolute Gasteiger partial charge is 0.504 e. The van der Waals surface area contributed by atoms with Gasteiger partial charge in [-0.1, -0.05) is 0 Å². The standard InChI is InChI=1S/C7H6F2N2O/c8-4-2-1-3(7(10)11)6(12)5(4)9/h1-2,12H,(H3,10,11). The maximum atomic E-state index is 12.6. The zero-order chi connectivity index (χ0) is 9.30. The van der Waals surface area contributed by atoms with Gasteiger partial charge >= 0.3 is 0 Å². The Bertz CT molecular complexity index is 338. The number of aromatic hydroxyl groups is 1. The van der Waals surface area contributed by atoms with E-state index in [1.807, 2.05) is 0 Å². The second kappa shape index (κ2) is 2.77. The van der Waals surface area contributed by atoms with Crippen LogP contribution in [0.15, 0.2) is 12.1 Å². The molecule has 0 fully saturated rings. The van der Waals surface area contributed by atoms with Crippen molar-refractivity contribution in [3.63, 3.8) is 0 Å². The molecule has 1 aromatic carbocycles. The first-order valence-corrected chi connectivity index (χ1v) is 3.05. The van der Waals surface area contributed by atoms with Crippen LogP contribution in [-0.4, -0.2) is 10.9 Å². The van der Waals surface area contributed by atoms with Gasteiger partial charge in [-0.15, -0.1) is 0 Å². The third-order valence-electron chi connectivity index (χ3n) is 1.36. The number of nitrogen functional groups attached to an aromatic ring is 1. The van der Waals surface area contributed by atoms with E-state index in [0.717, 1.165) is 12.1 Å². The topological polar surface area (TPSA) is 70.1 Å². The van der Waals surface area contributed by atoms with E-state index in [1.165, 1.54) is 0 Å². The minimum absolute atomic E-state index is 0.214. The SMILES string of the molecule is N=C(N)c1ccc(F)c(F)c1O. The Morgan fingerprint density at radius 3 is 2.50 bits per heavy atom. The Morgan fingerprint density at radius 2 is 2.00 bits per heavy atom. The van der Waals surface area contributed by atoms with Crippen LogP contribution in [0.1, 0.15) is 5.56 Å². The van der Waals surface area contributed by atoms with Gasteiger partial charge in [-0.05, 0) is 12.1 Å². The van der Waals surface area contributed by atoms with Crippen LogP contribution in [0.5, 0.6) is 5.75 Å². The van der Waals surface area contributed by atoms with E-state index in [9.17, 15) is 8.78 Å². The van der Waals surface area contributed by atoms with Crippen molar-refractivity contribution in [3.8, 4) is 5.75 Å². The lowest BCUT2D eigenvalue weighted by molar-refractivity contribution is 0.406. The maximum absolute atomic E-state index is 12.6. The van der Waals surface area contributed by atoms with E-state index in [-0.39, 0.29) is 5.56 Å². The predicted molar refractivity (Wildman–Crippen MR) is 39.0 cm³/mol. The lowest BCUT2D eigenvalue weighted by Crippen LogP contribution is -2.12. The molecule has 1 rings (SSSR count). The van der Waals surface area contributed by atoms with Gasteiger partial charge in [0.15, 0.2) is 11.6 Å². The summed E-state index contributed by atoms with van der Waals surface area (Å²) in [5, 5.41) is 15.8. The summed E-state index contributed by atoms with van der Waals surface area (Å²) in [6.45, 7) is 0. The van der Waals surface area contributed by atoms with Gasteiger partial charge in [0.2, 0.25) is 5.82 Å². The summed E-state index contributed by atoms with van der Waals surface area (Å²) < 4.78 is 25.0. The van der Waals surface area contributed by atoms with E-state index in [2.05, 4.69) is 0 Å². The Kier molecular flexibility index (Phi) is 1.95. The number of halogens is 2. The molecule has 5 heteroatoms. The lowest BCUT2D eigenvalue weighted by Gasteiger charge is -2.02. The fourth-order valence-electron chi connectivity index (χ4n) is 0.757. The summed E-state index contributed by atoms with van der Waals surface area (Å²) in [6.07, 6.45) is 0. The van der Waals surface area contributed by atoms with E-state index in [4.69, 9.17) is 16.2 Å². The van der Waals surface area contributed by atoms with Crippen LogP contribution in [0.2, 0.25) is 0 Å². The number of hydrogen-bond acceptors (Lipinski definition) is 2. The third-order valence-corrected chi connectivity index (χ3v) is 1.36. The van der Waals surface area contributed by atoms with Crippen LogP contribution in [0.4, 0.5) is 8.78 Å². The quantitative estimate of drug-likeness (QED) is 0.436. The van der Waals surface area contributed by atoms with Crippen LogP contribution >= 0.6 is 0 Å². The van der Waals surface area contributed by atoms with Gasteiger partial charge in [0.05, 0.1) is 5.56 Å². The molecular weight excluding hydrogens is 166 g/mol. The first-order chi connectivity index (χ1) is 5.54. The van der Waals surface area contributed by atoms with Crippen molar-refractivity contribution in [2.75, 3.05) is 0 Å². The van der Waals surface area contributed by atoms with Crippen LogP contribution in [-0.2, 0) is 0 Å². The molecule has 0 heterocycles. The molecule has 0 saturated heterocycles. The number of benzene rings is 1. The zero-order valence-corrected chi connectivity index (χ0v) is 5.94. The highest BCUT2D eigenvalue weighted by molar-refractivity contribution is 5.97. The van der Waals surface area contributed by atoms with Gasteiger partial charge in [0.1, 0.15) is 5.84 Å². The smallest absolute Gasteiger partial charge is 0.201 e. The zero-order valence-electron chi connectivity index (χ0n) is 5.94. The maximum Gasteiger partial charge on any atom is 0.201 e. The first kappa shape index (κ1) is 8.45. The Hall–Kier alpha value is -1.65. The van der Waals surface area contributed by atoms with Crippen molar-refractivity contribution in [2.45, 2.75) is 0 Å². The number of phenolic OH excluding ortho intramolecular Hbond substituents is 1. The monoisotopic (exact) mass is 172 g/mol. The second-order valence-electron chi connectivity index (χ2n) is 2.17. The molecule has 0 aliphatic carbocycles. The van der Waals surface area contributed by atoms with Gasteiger partial charge in [0, 0.05) is 0 Å². The Labute approximate surface area is 66.9 Å². The van der Waals surface area contributed by atoms with Gasteiger partial charge in [0.25, 0.3) is 0 Å². The van der Waals surface area contributed by atoms with Crippen molar-refractivity contribution in [2.24, 2.45) is 5.73 Å². The predicted octanol–water partition coefficient (Wildman–Crippen LogP) is 0.954. The first-order valence-electron chi connectivity index (χ1n) is 3.05. The average molecular weight is 172 g/mol. The molecule has 0 aromatic heterocycles. The van der Waals surface area contributed by atoms with E-state index in [0.29, 0.717) is 0 Å². The van der Waals surface area contributed by atoms with Crippen molar-refractivity contribution < 1.29 is 13.9 Å². The van der Waals surface area contributed by atoms with Gasteiger partial charge in [-0.2, -0.15) is 4.39 Å². The molecule has 0 saturated carbocycles. The van der Waals surface area contributed by atoms with Crippen LogP contribution in [0.3, 0.4) is 0 Å². The van der Waals surface area contributed by atoms with E-state index < -0.39 is 23.2 Å². The number of nitrogens with two attached hydrogens (primary N) is 1. The summed E-state index contributed by atoms with van der Waals surface area (Å²) >= 11 is 0. The minimum atomic E-state index is -1.39. The molecular formula is C7H6F2N2O. The van der Waals surface area contributed by atoms with Gasteiger partial charge < -0.3 is 10.8 Å². The highest BCUT2D eigenvalue weighted by Crippen LogP contribution is 2.22. The Balaban J connectivity index is 3.36. The summed E-state index contributed by atoms with van der Waals surface area (Å²) in [5.41, 5.74) is 4.75.